The van der Waals surface area contributed by atoms with Crippen LogP contribution in [0, 0.1) is 0 Å². The lowest BCUT2D eigenvalue weighted by Gasteiger charge is -2.25. The van der Waals surface area contributed by atoms with Gasteiger partial charge in [-0.05, 0) is 38.5 Å². The monoisotopic (exact) mass is 253 g/mol. The van der Waals surface area contributed by atoms with Crippen LogP contribution in [-0.4, -0.2) is 33.1 Å². The average molecular weight is 253 g/mol. The fraction of sp³-hybridized carbons (Fsp3) is 0.462. The molecule has 100 valence electrons. The van der Waals surface area contributed by atoms with Crippen molar-refractivity contribution in [2.24, 2.45) is 0 Å². The van der Waals surface area contributed by atoms with Crippen molar-refractivity contribution in [1.82, 2.24) is 5.32 Å². The highest BCUT2D eigenvalue weighted by Gasteiger charge is 2.16. The molecule has 0 radical (unpaired) electrons. The van der Waals surface area contributed by atoms with Crippen molar-refractivity contribution in [1.29, 1.82) is 0 Å². The largest absolute Gasteiger partial charge is 0.507 e. The zero-order valence-corrected chi connectivity index (χ0v) is 10.8. The van der Waals surface area contributed by atoms with Gasteiger partial charge in [0.25, 0.3) is 0 Å². The Labute approximate surface area is 106 Å². The van der Waals surface area contributed by atoms with Gasteiger partial charge in [0.05, 0.1) is 0 Å². The molecule has 1 aromatic carbocycles. The molecule has 1 rings (SSSR count). The Hall–Kier alpha value is -1.59. The van der Waals surface area contributed by atoms with Crippen LogP contribution >= 0.6 is 0 Å². The number of rotatable bonds is 4. The molecule has 0 aliphatic carbocycles. The number of carboxylic acids is 1. The molecular formula is C13H19NO4. The zero-order chi connectivity index (χ0) is 13.9. The summed E-state index contributed by atoms with van der Waals surface area (Å²) in [5.41, 5.74) is 0.260. The number of aromatic hydroxyl groups is 1. The van der Waals surface area contributed by atoms with Crippen LogP contribution in [0.2, 0.25) is 0 Å². The fourth-order valence-corrected chi connectivity index (χ4v) is 1.66. The van der Waals surface area contributed by atoms with Crippen molar-refractivity contribution in [2.45, 2.75) is 39.0 Å². The van der Waals surface area contributed by atoms with E-state index in [1.807, 2.05) is 20.8 Å². The van der Waals surface area contributed by atoms with E-state index in [0.717, 1.165) is 0 Å². The normalized spacial score (nSPS) is 13.3. The van der Waals surface area contributed by atoms with Gasteiger partial charge in [-0.2, -0.15) is 0 Å². The average Bonchev–Trinajstić information content (AvgIpc) is 2.17. The molecule has 0 saturated heterocycles. The predicted octanol–water partition coefficient (Wildman–Crippen LogP) is 1.34. The van der Waals surface area contributed by atoms with Crippen LogP contribution in [0.15, 0.2) is 18.2 Å². The van der Waals surface area contributed by atoms with Crippen LogP contribution < -0.4 is 5.32 Å². The highest BCUT2D eigenvalue weighted by Crippen LogP contribution is 2.19. The molecule has 1 atom stereocenters. The van der Waals surface area contributed by atoms with Gasteiger partial charge in [-0.1, -0.05) is 6.07 Å². The molecule has 5 heteroatoms. The molecule has 0 amide bonds. The summed E-state index contributed by atoms with van der Waals surface area (Å²) in [5, 5.41) is 31.0. The van der Waals surface area contributed by atoms with Crippen molar-refractivity contribution in [3.8, 4) is 5.75 Å². The first-order chi connectivity index (χ1) is 8.19. The van der Waals surface area contributed by atoms with Gasteiger partial charge in [-0.3, -0.25) is 5.32 Å². The summed E-state index contributed by atoms with van der Waals surface area (Å²) >= 11 is 0. The van der Waals surface area contributed by atoms with E-state index in [4.69, 9.17) is 5.11 Å². The first-order valence-electron chi connectivity index (χ1n) is 5.70. The number of nitrogens with one attached hydrogen (secondary N) is 1. The summed E-state index contributed by atoms with van der Waals surface area (Å²) in [6, 6.07) is 4.28. The van der Waals surface area contributed by atoms with Crippen LogP contribution in [-0.2, 0) is 6.42 Å². The van der Waals surface area contributed by atoms with E-state index in [0.29, 0.717) is 5.56 Å². The van der Waals surface area contributed by atoms with Crippen LogP contribution in [0.4, 0.5) is 0 Å². The molecule has 1 unspecified atom stereocenters. The molecule has 0 bridgehead atoms. The first kappa shape index (κ1) is 14.5. The molecular weight excluding hydrogens is 234 g/mol. The van der Waals surface area contributed by atoms with Crippen molar-refractivity contribution < 1.29 is 20.1 Å². The third-order valence-electron chi connectivity index (χ3n) is 2.32. The standard InChI is InChI=1S/C13H19NO4/c1-13(2,3)14-11(16)7-8-4-5-10(15)9(6-8)12(17)18/h4-6,11,14-16H,7H2,1-3H3,(H,17,18). The maximum absolute atomic E-state index is 10.9. The molecule has 0 spiro atoms. The fourth-order valence-electron chi connectivity index (χ4n) is 1.66. The SMILES string of the molecule is CC(C)(C)NC(O)Cc1ccc(O)c(C(=O)O)c1. The Morgan fingerprint density at radius 3 is 2.50 bits per heavy atom. The van der Waals surface area contributed by atoms with E-state index in [-0.39, 0.29) is 23.3 Å². The van der Waals surface area contributed by atoms with E-state index in [1.54, 1.807) is 6.07 Å². The quantitative estimate of drug-likeness (QED) is 0.608. The van der Waals surface area contributed by atoms with Gasteiger partial charge in [0.15, 0.2) is 0 Å². The number of aliphatic hydroxyl groups excluding tert-OH is 1. The Kier molecular flexibility index (Phi) is 4.32. The van der Waals surface area contributed by atoms with Crippen LogP contribution in [0.3, 0.4) is 0 Å². The van der Waals surface area contributed by atoms with E-state index < -0.39 is 12.2 Å². The van der Waals surface area contributed by atoms with Gasteiger partial charge < -0.3 is 15.3 Å². The van der Waals surface area contributed by atoms with Gasteiger partial charge in [0, 0.05) is 12.0 Å². The van der Waals surface area contributed by atoms with Crippen molar-refractivity contribution in [3.05, 3.63) is 29.3 Å². The number of hydrogen-bond donors (Lipinski definition) is 4. The summed E-state index contributed by atoms with van der Waals surface area (Å²) in [6.07, 6.45) is -0.492. The zero-order valence-electron chi connectivity index (χ0n) is 10.8. The lowest BCUT2D eigenvalue weighted by molar-refractivity contribution is 0.0692. The van der Waals surface area contributed by atoms with Crippen LogP contribution in [0.1, 0.15) is 36.7 Å². The van der Waals surface area contributed by atoms with Crippen molar-refractivity contribution >= 4 is 5.97 Å². The van der Waals surface area contributed by atoms with Gasteiger partial charge in [-0.15, -0.1) is 0 Å². The molecule has 5 nitrogen and oxygen atoms in total. The summed E-state index contributed by atoms with van der Waals surface area (Å²) in [5.74, 6) is -1.46. The molecule has 0 aliphatic heterocycles. The number of hydrogen-bond acceptors (Lipinski definition) is 4. The molecule has 0 heterocycles. The Bertz CT molecular complexity index is 437. The molecule has 0 aromatic heterocycles. The molecule has 0 saturated carbocycles. The topological polar surface area (TPSA) is 89.8 Å². The van der Waals surface area contributed by atoms with E-state index in [2.05, 4.69) is 5.32 Å². The minimum absolute atomic E-state index is 0.157. The number of aromatic carboxylic acids is 1. The highest BCUT2D eigenvalue weighted by atomic mass is 16.4. The summed E-state index contributed by atoms with van der Waals surface area (Å²) in [6.45, 7) is 5.78. The van der Waals surface area contributed by atoms with E-state index >= 15 is 0 Å². The van der Waals surface area contributed by atoms with E-state index in [1.165, 1.54) is 12.1 Å². The molecule has 0 fully saturated rings. The highest BCUT2D eigenvalue weighted by molar-refractivity contribution is 5.90. The van der Waals surface area contributed by atoms with Gasteiger partial charge in [-0.25, -0.2) is 4.79 Å². The van der Waals surface area contributed by atoms with Crippen molar-refractivity contribution in [2.75, 3.05) is 0 Å². The summed E-state index contributed by atoms with van der Waals surface area (Å²) in [4.78, 5) is 10.9. The minimum Gasteiger partial charge on any atom is -0.507 e. The van der Waals surface area contributed by atoms with Gasteiger partial charge in [0.2, 0.25) is 0 Å². The smallest absolute Gasteiger partial charge is 0.339 e. The van der Waals surface area contributed by atoms with Crippen molar-refractivity contribution in [3.63, 3.8) is 0 Å². The lowest BCUT2D eigenvalue weighted by Crippen LogP contribution is -2.44. The molecule has 0 aliphatic rings. The van der Waals surface area contributed by atoms with Crippen LogP contribution in [0.5, 0.6) is 5.75 Å². The second-order valence-electron chi connectivity index (χ2n) is 5.27. The Morgan fingerprint density at radius 2 is 2.00 bits per heavy atom. The third-order valence-corrected chi connectivity index (χ3v) is 2.32. The molecule has 18 heavy (non-hydrogen) atoms. The minimum atomic E-state index is -1.19. The number of carbonyl (C=O) groups is 1. The maximum atomic E-state index is 10.9. The second-order valence-corrected chi connectivity index (χ2v) is 5.27. The molecule has 1 aromatic rings. The predicted molar refractivity (Wildman–Crippen MR) is 67.7 cm³/mol. The molecule has 4 N–H and O–H groups in total. The van der Waals surface area contributed by atoms with Gasteiger partial charge in [0.1, 0.15) is 17.5 Å². The number of phenols is 1. The number of carboxylic acid groups (broad SMARTS) is 1. The first-order valence-corrected chi connectivity index (χ1v) is 5.70. The number of aliphatic hydroxyl groups is 1. The van der Waals surface area contributed by atoms with Gasteiger partial charge >= 0.3 is 5.97 Å². The Morgan fingerprint density at radius 1 is 1.39 bits per heavy atom. The third kappa shape index (κ3) is 4.35. The maximum Gasteiger partial charge on any atom is 0.339 e. The summed E-state index contributed by atoms with van der Waals surface area (Å²) < 4.78 is 0. The van der Waals surface area contributed by atoms with Crippen LogP contribution in [0.25, 0.3) is 0 Å². The number of benzene rings is 1. The lowest BCUT2D eigenvalue weighted by atomic mass is 10.0. The Balaban J connectivity index is 2.80. The summed E-state index contributed by atoms with van der Waals surface area (Å²) in [7, 11) is 0. The second kappa shape index (κ2) is 5.37. The van der Waals surface area contributed by atoms with E-state index in [9.17, 15) is 15.0 Å².